The van der Waals surface area contributed by atoms with E-state index in [0.717, 1.165) is 12.1 Å². The molecule has 0 saturated carbocycles. The second-order valence-corrected chi connectivity index (χ2v) is 4.34. The van der Waals surface area contributed by atoms with Gasteiger partial charge in [-0.25, -0.2) is 0 Å². The highest BCUT2D eigenvalue weighted by atomic mass is 15.1. The first-order valence-electron chi connectivity index (χ1n) is 6.66. The highest BCUT2D eigenvalue weighted by molar-refractivity contribution is 5.39. The summed E-state index contributed by atoms with van der Waals surface area (Å²) in [6, 6.07) is 7.96. The molecule has 0 unspecified atom stereocenters. The maximum absolute atomic E-state index is 5.48. The van der Waals surface area contributed by atoms with Gasteiger partial charge in [0.1, 0.15) is 0 Å². The quantitative estimate of drug-likeness (QED) is 0.792. The van der Waals surface area contributed by atoms with Crippen molar-refractivity contribution in [3.05, 3.63) is 29.8 Å². The van der Waals surface area contributed by atoms with Crippen LogP contribution in [0, 0.1) is 0 Å². The van der Waals surface area contributed by atoms with Gasteiger partial charge in [0.15, 0.2) is 0 Å². The number of nitrogens with zero attached hydrogens (tertiary/aromatic N) is 1. The van der Waals surface area contributed by atoms with Crippen molar-refractivity contribution in [2.24, 2.45) is 0 Å². The average molecular weight is 236 g/mol. The van der Waals surface area contributed by atoms with Crippen LogP contribution < -0.4 is 5.73 Å². The molecule has 0 radical (unpaired) electrons. The Morgan fingerprint density at radius 3 is 2.06 bits per heavy atom. The van der Waals surface area contributed by atoms with Crippen LogP contribution in [0.3, 0.4) is 0 Å². The Morgan fingerprint density at radius 2 is 1.65 bits per heavy atom. The fourth-order valence-corrected chi connectivity index (χ4v) is 1.34. The highest BCUT2D eigenvalue weighted by Crippen LogP contribution is 2.04. The first-order valence-corrected chi connectivity index (χ1v) is 6.66. The minimum absolute atomic E-state index is 0.840. The number of aryl methyl sites for hydroxylation is 1. The number of nitrogens with two attached hydrogens (primary N) is 1. The summed E-state index contributed by atoms with van der Waals surface area (Å²) in [7, 11) is 2.16. The van der Waals surface area contributed by atoms with Crippen LogP contribution >= 0.6 is 0 Å². The van der Waals surface area contributed by atoms with E-state index >= 15 is 0 Å². The molecule has 2 nitrogen and oxygen atoms in total. The number of rotatable bonds is 5. The zero-order valence-corrected chi connectivity index (χ0v) is 11.9. The largest absolute Gasteiger partial charge is 0.399 e. The summed E-state index contributed by atoms with van der Waals surface area (Å²) in [5.74, 6) is 0. The molecule has 0 saturated heterocycles. The molecule has 0 aliphatic heterocycles. The predicted molar refractivity (Wildman–Crippen MR) is 78.3 cm³/mol. The van der Waals surface area contributed by atoms with E-state index in [1.807, 2.05) is 12.1 Å². The molecule has 1 aromatic carbocycles. The summed E-state index contributed by atoms with van der Waals surface area (Å²) < 4.78 is 0. The lowest BCUT2D eigenvalue weighted by atomic mass is 10.2. The average Bonchev–Trinajstić information content (AvgIpc) is 2.37. The first kappa shape index (κ1) is 16.0. The zero-order valence-electron chi connectivity index (χ0n) is 11.9. The Balaban J connectivity index is 0.000000304. The summed E-state index contributed by atoms with van der Waals surface area (Å²) in [6.45, 7) is 8.98. The molecule has 0 aliphatic rings. The second-order valence-electron chi connectivity index (χ2n) is 4.34. The second kappa shape index (κ2) is 10.2. The molecule has 17 heavy (non-hydrogen) atoms. The van der Waals surface area contributed by atoms with Gasteiger partial charge in [-0.1, -0.05) is 39.3 Å². The molecular formula is C15H28N2. The van der Waals surface area contributed by atoms with E-state index in [4.69, 9.17) is 5.73 Å². The van der Waals surface area contributed by atoms with Crippen molar-refractivity contribution in [3.63, 3.8) is 0 Å². The summed E-state index contributed by atoms with van der Waals surface area (Å²) in [4.78, 5) is 2.34. The molecule has 0 amide bonds. The van der Waals surface area contributed by atoms with Crippen LogP contribution in [0.15, 0.2) is 24.3 Å². The molecular weight excluding hydrogens is 208 g/mol. The Labute approximate surface area is 107 Å². The lowest BCUT2D eigenvalue weighted by Crippen LogP contribution is -2.18. The summed E-state index contributed by atoms with van der Waals surface area (Å²) in [6.07, 6.45) is 3.73. The van der Waals surface area contributed by atoms with Gasteiger partial charge >= 0.3 is 0 Å². The van der Waals surface area contributed by atoms with Crippen LogP contribution in [0.4, 0.5) is 5.69 Å². The number of benzene rings is 1. The van der Waals surface area contributed by atoms with E-state index in [-0.39, 0.29) is 0 Å². The van der Waals surface area contributed by atoms with Crippen molar-refractivity contribution >= 4 is 5.69 Å². The van der Waals surface area contributed by atoms with Crippen molar-refractivity contribution in [1.29, 1.82) is 0 Å². The fraction of sp³-hybridized carbons (Fsp3) is 0.600. The molecule has 0 bridgehead atoms. The number of unbranched alkanes of at least 4 members (excludes halogenated alkanes) is 1. The van der Waals surface area contributed by atoms with Crippen LogP contribution in [0.5, 0.6) is 0 Å². The van der Waals surface area contributed by atoms with Crippen molar-refractivity contribution in [2.45, 2.75) is 40.0 Å². The van der Waals surface area contributed by atoms with Crippen molar-refractivity contribution in [3.8, 4) is 0 Å². The van der Waals surface area contributed by atoms with Gasteiger partial charge in [0, 0.05) is 5.69 Å². The monoisotopic (exact) mass is 236 g/mol. The number of hydrogen-bond acceptors (Lipinski definition) is 2. The fourth-order valence-electron chi connectivity index (χ4n) is 1.34. The third-order valence-corrected chi connectivity index (χ3v) is 2.82. The highest BCUT2D eigenvalue weighted by Gasteiger charge is 1.89. The van der Waals surface area contributed by atoms with Crippen molar-refractivity contribution in [1.82, 2.24) is 4.90 Å². The van der Waals surface area contributed by atoms with Gasteiger partial charge in [0.25, 0.3) is 0 Å². The van der Waals surface area contributed by atoms with Gasteiger partial charge in [-0.05, 0) is 50.7 Å². The number of nitrogen functional groups attached to an aromatic ring is 1. The maximum Gasteiger partial charge on any atom is 0.0314 e. The molecule has 0 heterocycles. The van der Waals surface area contributed by atoms with Crippen molar-refractivity contribution < 1.29 is 0 Å². The van der Waals surface area contributed by atoms with Gasteiger partial charge < -0.3 is 10.6 Å². The van der Waals surface area contributed by atoms with E-state index in [1.54, 1.807) is 0 Å². The molecule has 1 aromatic rings. The Kier molecular flexibility index (Phi) is 9.55. The summed E-state index contributed by atoms with van der Waals surface area (Å²) in [5.41, 5.74) is 7.66. The lowest BCUT2D eigenvalue weighted by Gasteiger charge is -2.11. The molecule has 0 aliphatic carbocycles. The molecule has 2 N–H and O–H groups in total. The van der Waals surface area contributed by atoms with E-state index in [0.29, 0.717) is 0 Å². The molecule has 0 atom stereocenters. The normalized spacial score (nSPS) is 9.94. The third kappa shape index (κ3) is 8.75. The molecule has 1 rings (SSSR count). The first-order chi connectivity index (χ1) is 8.13. The molecule has 0 fully saturated rings. The van der Waals surface area contributed by atoms with E-state index in [2.05, 4.69) is 44.9 Å². The molecule has 0 aromatic heterocycles. The maximum atomic E-state index is 5.48. The van der Waals surface area contributed by atoms with Gasteiger partial charge in [-0.2, -0.15) is 0 Å². The molecule has 98 valence electrons. The van der Waals surface area contributed by atoms with Crippen LogP contribution in [0.25, 0.3) is 0 Å². The smallest absolute Gasteiger partial charge is 0.0314 e. The van der Waals surface area contributed by atoms with Gasteiger partial charge in [0.2, 0.25) is 0 Å². The Bertz CT molecular complexity index is 267. The van der Waals surface area contributed by atoms with Crippen LogP contribution in [-0.4, -0.2) is 25.0 Å². The minimum Gasteiger partial charge on any atom is -0.399 e. The van der Waals surface area contributed by atoms with Crippen LogP contribution in [-0.2, 0) is 6.42 Å². The van der Waals surface area contributed by atoms with Gasteiger partial charge in [-0.3, -0.25) is 0 Å². The predicted octanol–water partition coefficient (Wildman–Crippen LogP) is 3.57. The third-order valence-electron chi connectivity index (χ3n) is 2.82. The number of hydrogen-bond donors (Lipinski definition) is 1. The SMILES string of the molecule is CCCCN(C)CC.CCc1ccc(N)cc1. The van der Waals surface area contributed by atoms with Crippen LogP contribution in [0.1, 0.15) is 39.2 Å². The molecule has 2 heteroatoms. The minimum atomic E-state index is 0.840. The number of anilines is 1. The van der Waals surface area contributed by atoms with E-state index in [1.165, 1.54) is 31.5 Å². The Morgan fingerprint density at radius 1 is 1.06 bits per heavy atom. The van der Waals surface area contributed by atoms with Gasteiger partial charge in [-0.15, -0.1) is 0 Å². The summed E-state index contributed by atoms with van der Waals surface area (Å²) in [5, 5.41) is 0. The van der Waals surface area contributed by atoms with Gasteiger partial charge in [0.05, 0.1) is 0 Å². The lowest BCUT2D eigenvalue weighted by molar-refractivity contribution is 0.346. The zero-order chi connectivity index (χ0) is 13.1. The summed E-state index contributed by atoms with van der Waals surface area (Å²) >= 11 is 0. The van der Waals surface area contributed by atoms with Crippen molar-refractivity contribution in [2.75, 3.05) is 25.9 Å². The molecule has 0 spiro atoms. The van der Waals surface area contributed by atoms with E-state index in [9.17, 15) is 0 Å². The van der Waals surface area contributed by atoms with E-state index < -0.39 is 0 Å². The Hall–Kier alpha value is -1.02. The topological polar surface area (TPSA) is 29.3 Å². The van der Waals surface area contributed by atoms with Crippen LogP contribution in [0.2, 0.25) is 0 Å². The standard InChI is InChI=1S/C8H11N.C7H17N/c1-2-7-3-5-8(9)6-4-7;1-4-6-7-8(3)5-2/h3-6H,2,9H2,1H3;4-7H2,1-3H3.